The number of benzene rings is 1. The molecule has 2 aromatic rings. The van der Waals surface area contributed by atoms with E-state index in [1.54, 1.807) is 0 Å². The minimum Gasteiger partial charge on any atom is -0.384 e. The molecule has 0 radical (unpaired) electrons. The van der Waals surface area contributed by atoms with E-state index in [1.165, 1.54) is 24.3 Å². The topological polar surface area (TPSA) is 128 Å². The number of nitrogens with zero attached hydrogens (tertiary/aromatic N) is 1. The first kappa shape index (κ1) is 15.6. The molecular weight excluding hydrogens is 346 g/mol. The fourth-order valence-electron chi connectivity index (χ4n) is 2.90. The van der Waals surface area contributed by atoms with Crippen LogP contribution in [-0.2, 0) is 9.84 Å². The average Bonchev–Trinajstić information content (AvgIpc) is 3.36. The van der Waals surface area contributed by atoms with Crippen LogP contribution in [-0.4, -0.2) is 30.0 Å². The number of pyridine rings is 1. The zero-order valence-electron chi connectivity index (χ0n) is 12.9. The summed E-state index contributed by atoms with van der Waals surface area (Å²) in [7, 11) is -3.34. The summed E-state index contributed by atoms with van der Waals surface area (Å²) in [4.78, 5) is 36.0. The van der Waals surface area contributed by atoms with Crippen LogP contribution in [0.3, 0.4) is 0 Å². The number of sulfone groups is 1. The first-order valence-corrected chi connectivity index (χ1v) is 9.11. The van der Waals surface area contributed by atoms with Crippen molar-refractivity contribution in [1.82, 2.24) is 9.88 Å². The van der Waals surface area contributed by atoms with Crippen molar-refractivity contribution < 1.29 is 18.0 Å². The predicted octanol–water partition coefficient (Wildman–Crippen LogP) is 0.239. The van der Waals surface area contributed by atoms with E-state index in [0.717, 1.165) is 10.6 Å². The largest absolute Gasteiger partial charge is 0.384 e. The van der Waals surface area contributed by atoms with Gasteiger partial charge in [0.15, 0.2) is 9.84 Å². The Labute approximate surface area is 142 Å². The van der Waals surface area contributed by atoms with Gasteiger partial charge in [-0.1, -0.05) is 0 Å². The van der Waals surface area contributed by atoms with E-state index in [4.69, 9.17) is 5.73 Å². The van der Waals surface area contributed by atoms with Crippen LogP contribution in [0.4, 0.5) is 5.82 Å². The van der Waals surface area contributed by atoms with Gasteiger partial charge in [0.1, 0.15) is 5.82 Å². The number of carbonyl (C=O) groups excluding carboxylic acids is 2. The summed E-state index contributed by atoms with van der Waals surface area (Å²) in [5.74, 6) is -1.50. The molecule has 1 aliphatic heterocycles. The highest BCUT2D eigenvalue weighted by Gasteiger charge is 2.37. The third-order valence-electron chi connectivity index (χ3n) is 4.34. The van der Waals surface area contributed by atoms with Gasteiger partial charge in [-0.15, -0.1) is 0 Å². The molecule has 2 aliphatic rings. The van der Waals surface area contributed by atoms with Crippen molar-refractivity contribution in [3.63, 3.8) is 0 Å². The van der Waals surface area contributed by atoms with E-state index in [9.17, 15) is 22.8 Å². The van der Waals surface area contributed by atoms with Crippen LogP contribution < -0.4 is 16.6 Å². The number of fused-ring (bicyclic) bond motifs is 1. The first-order chi connectivity index (χ1) is 11.8. The van der Waals surface area contributed by atoms with E-state index >= 15 is 0 Å². The quantitative estimate of drug-likeness (QED) is 0.756. The smallest absolute Gasteiger partial charge is 0.262 e. The van der Waals surface area contributed by atoms with Crippen LogP contribution >= 0.6 is 0 Å². The molecule has 4 rings (SSSR count). The normalized spacial score (nSPS) is 16.6. The SMILES string of the molecule is Nc1c2c(cc(=O)n1-c1ccc(S(=O)(=O)C3CC3)cc1)C(=O)NC2=O. The van der Waals surface area contributed by atoms with Gasteiger partial charge in [-0.3, -0.25) is 24.3 Å². The number of aromatic nitrogens is 1. The Morgan fingerprint density at radius 3 is 2.28 bits per heavy atom. The minimum absolute atomic E-state index is 0.0562. The summed E-state index contributed by atoms with van der Waals surface area (Å²) in [6.07, 6.45) is 1.31. The molecule has 128 valence electrons. The molecule has 0 saturated heterocycles. The van der Waals surface area contributed by atoms with Crippen LogP contribution in [0.2, 0.25) is 0 Å². The Hall–Kier alpha value is -2.94. The fourth-order valence-corrected chi connectivity index (χ4v) is 4.56. The van der Waals surface area contributed by atoms with Crippen LogP contribution in [0.5, 0.6) is 0 Å². The van der Waals surface area contributed by atoms with Crippen molar-refractivity contribution in [1.29, 1.82) is 0 Å². The lowest BCUT2D eigenvalue weighted by Gasteiger charge is -2.12. The van der Waals surface area contributed by atoms with Crippen LogP contribution in [0.25, 0.3) is 5.69 Å². The van der Waals surface area contributed by atoms with Gasteiger partial charge in [0.25, 0.3) is 17.4 Å². The number of amides is 2. The van der Waals surface area contributed by atoms with Crippen molar-refractivity contribution in [2.24, 2.45) is 0 Å². The van der Waals surface area contributed by atoms with Crippen LogP contribution in [0.15, 0.2) is 40.0 Å². The number of nitrogens with two attached hydrogens (primary N) is 1. The van der Waals surface area contributed by atoms with Crippen LogP contribution in [0.1, 0.15) is 33.6 Å². The molecule has 0 unspecified atom stereocenters. The monoisotopic (exact) mass is 359 g/mol. The molecule has 0 atom stereocenters. The molecule has 1 aliphatic carbocycles. The van der Waals surface area contributed by atoms with Crippen molar-refractivity contribution in [3.05, 3.63) is 51.8 Å². The zero-order valence-corrected chi connectivity index (χ0v) is 13.7. The highest BCUT2D eigenvalue weighted by atomic mass is 32.2. The van der Waals surface area contributed by atoms with Gasteiger partial charge in [-0.25, -0.2) is 8.42 Å². The number of nitrogens with one attached hydrogen (secondary N) is 1. The number of nitrogen functional groups attached to an aromatic ring is 1. The van der Waals surface area contributed by atoms with E-state index in [0.29, 0.717) is 18.5 Å². The third kappa shape index (κ3) is 2.27. The Morgan fingerprint density at radius 2 is 1.68 bits per heavy atom. The summed E-state index contributed by atoms with van der Waals surface area (Å²) >= 11 is 0. The van der Waals surface area contributed by atoms with Gasteiger partial charge in [0.05, 0.1) is 27.0 Å². The number of hydrogen-bond donors (Lipinski definition) is 2. The molecule has 1 aromatic carbocycles. The summed E-state index contributed by atoms with van der Waals surface area (Å²) in [6.45, 7) is 0. The van der Waals surface area contributed by atoms with Crippen molar-refractivity contribution in [3.8, 4) is 5.69 Å². The summed E-state index contributed by atoms with van der Waals surface area (Å²) in [6, 6.07) is 6.77. The maximum Gasteiger partial charge on any atom is 0.262 e. The number of carbonyl (C=O) groups is 2. The molecule has 1 saturated carbocycles. The number of imide groups is 1. The second-order valence-corrected chi connectivity index (χ2v) is 8.24. The highest BCUT2D eigenvalue weighted by Crippen LogP contribution is 2.33. The molecule has 25 heavy (non-hydrogen) atoms. The minimum atomic E-state index is -3.34. The number of rotatable bonds is 3. The lowest BCUT2D eigenvalue weighted by atomic mass is 10.1. The number of hydrogen-bond acceptors (Lipinski definition) is 6. The second kappa shape index (κ2) is 5.03. The van der Waals surface area contributed by atoms with Crippen molar-refractivity contribution in [2.75, 3.05) is 5.73 Å². The molecular formula is C16H13N3O5S. The zero-order chi connectivity index (χ0) is 17.9. The van der Waals surface area contributed by atoms with E-state index in [1.807, 2.05) is 0 Å². The van der Waals surface area contributed by atoms with E-state index in [-0.39, 0.29) is 27.1 Å². The maximum atomic E-state index is 12.3. The Kier molecular flexibility index (Phi) is 3.13. The van der Waals surface area contributed by atoms with E-state index < -0.39 is 27.2 Å². The molecule has 0 spiro atoms. The maximum absolute atomic E-state index is 12.3. The van der Waals surface area contributed by atoms with Gasteiger partial charge in [-0.2, -0.15) is 0 Å². The Morgan fingerprint density at radius 1 is 1.04 bits per heavy atom. The fraction of sp³-hybridized carbons (Fsp3) is 0.188. The average molecular weight is 359 g/mol. The van der Waals surface area contributed by atoms with Gasteiger partial charge in [-0.05, 0) is 37.1 Å². The van der Waals surface area contributed by atoms with E-state index in [2.05, 4.69) is 5.32 Å². The molecule has 0 bridgehead atoms. The Balaban J connectivity index is 1.84. The summed E-state index contributed by atoms with van der Waals surface area (Å²) < 4.78 is 25.5. The number of anilines is 1. The first-order valence-electron chi connectivity index (χ1n) is 7.56. The molecule has 1 fully saturated rings. The second-order valence-electron chi connectivity index (χ2n) is 6.01. The third-order valence-corrected chi connectivity index (χ3v) is 6.62. The summed E-state index contributed by atoms with van der Waals surface area (Å²) in [5, 5.41) is 1.76. The predicted molar refractivity (Wildman–Crippen MR) is 88.5 cm³/mol. The van der Waals surface area contributed by atoms with Crippen LogP contribution in [0, 0.1) is 0 Å². The molecule has 2 heterocycles. The lowest BCUT2D eigenvalue weighted by molar-refractivity contribution is 0.0880. The van der Waals surface area contributed by atoms with Crippen molar-refractivity contribution >= 4 is 27.5 Å². The Bertz CT molecular complexity index is 1100. The van der Waals surface area contributed by atoms with Gasteiger partial charge >= 0.3 is 0 Å². The van der Waals surface area contributed by atoms with Crippen molar-refractivity contribution in [2.45, 2.75) is 23.0 Å². The van der Waals surface area contributed by atoms with Gasteiger partial charge in [0, 0.05) is 6.07 Å². The van der Waals surface area contributed by atoms with Gasteiger partial charge in [0.2, 0.25) is 0 Å². The standard InChI is InChI=1S/C16H13N3O5S/c17-14-13-11(15(21)18-16(13)22)7-12(20)19(14)8-1-3-9(4-2-8)25(23,24)10-5-6-10/h1-4,7,10H,5-6,17H2,(H,18,21,22). The highest BCUT2D eigenvalue weighted by molar-refractivity contribution is 7.92. The molecule has 1 aromatic heterocycles. The molecule has 2 amide bonds. The lowest BCUT2D eigenvalue weighted by Crippen LogP contribution is -2.24. The summed E-state index contributed by atoms with van der Waals surface area (Å²) in [5.41, 5.74) is 5.55. The van der Waals surface area contributed by atoms with Gasteiger partial charge < -0.3 is 5.73 Å². The molecule has 3 N–H and O–H groups in total. The molecule has 9 heteroatoms. The molecule has 8 nitrogen and oxygen atoms in total.